The quantitative estimate of drug-likeness (QED) is 0.365. The molecule has 5 nitrogen and oxygen atoms in total. The lowest BCUT2D eigenvalue weighted by Crippen LogP contribution is -1.89. The molecule has 0 aliphatic heterocycles. The lowest BCUT2D eigenvalue weighted by Gasteiger charge is -2.03. The Kier molecular flexibility index (Phi) is 4.86. The first kappa shape index (κ1) is 18.7. The summed E-state index contributed by atoms with van der Waals surface area (Å²) >= 11 is 7.48. The van der Waals surface area contributed by atoms with Crippen LogP contribution < -0.4 is 0 Å². The zero-order valence-corrected chi connectivity index (χ0v) is 17.6. The van der Waals surface area contributed by atoms with E-state index in [2.05, 4.69) is 18.7 Å². The van der Waals surface area contributed by atoms with Gasteiger partial charge in [-0.25, -0.2) is 4.98 Å². The highest BCUT2D eigenvalue weighted by Gasteiger charge is 2.15. The summed E-state index contributed by atoms with van der Waals surface area (Å²) in [6.07, 6.45) is 3.87. The van der Waals surface area contributed by atoms with Crippen LogP contribution in [0.3, 0.4) is 0 Å². The number of aromatic amines is 1. The molecule has 2 aromatic carbocycles. The van der Waals surface area contributed by atoms with E-state index >= 15 is 0 Å². The number of hydrogen-bond acceptors (Lipinski definition) is 5. The van der Waals surface area contributed by atoms with Crippen molar-refractivity contribution in [1.82, 2.24) is 23.7 Å². The molecule has 146 valence electrons. The van der Waals surface area contributed by atoms with Gasteiger partial charge in [0.2, 0.25) is 0 Å². The Balaban J connectivity index is 1.63. The van der Waals surface area contributed by atoms with Gasteiger partial charge >= 0.3 is 0 Å². The van der Waals surface area contributed by atoms with Crippen LogP contribution in [0.5, 0.6) is 0 Å². The number of pyridine rings is 1. The summed E-state index contributed by atoms with van der Waals surface area (Å²) in [5.41, 5.74) is 7.10. The van der Waals surface area contributed by atoms with E-state index in [0.29, 0.717) is 5.02 Å². The number of benzene rings is 2. The minimum Gasteiger partial charge on any atom is -0.337 e. The van der Waals surface area contributed by atoms with Crippen molar-refractivity contribution in [3.63, 3.8) is 0 Å². The number of halogens is 1. The Morgan fingerprint density at radius 1 is 0.900 bits per heavy atom. The predicted octanol–water partition coefficient (Wildman–Crippen LogP) is 6.28. The molecule has 5 aromatic rings. The first-order valence-corrected chi connectivity index (χ1v) is 10.5. The molecule has 5 rings (SSSR count). The molecule has 0 spiro atoms. The van der Waals surface area contributed by atoms with Gasteiger partial charge in [-0.15, -0.1) is 0 Å². The minimum absolute atomic E-state index is 0.697. The first-order chi connectivity index (χ1) is 14.7. The first-order valence-electron chi connectivity index (χ1n) is 9.37. The fourth-order valence-corrected chi connectivity index (χ4v) is 3.97. The number of H-pyrrole nitrogens is 1. The van der Waals surface area contributed by atoms with Crippen LogP contribution in [0.1, 0.15) is 17.1 Å². The van der Waals surface area contributed by atoms with E-state index in [4.69, 9.17) is 16.6 Å². The number of hydrogen-bond donors (Lipinski definition) is 1. The van der Waals surface area contributed by atoms with Gasteiger partial charge in [0.15, 0.2) is 0 Å². The monoisotopic (exact) mass is 429 g/mol. The second kappa shape index (κ2) is 7.82. The van der Waals surface area contributed by atoms with Gasteiger partial charge in [0.25, 0.3) is 0 Å². The molecule has 0 saturated carbocycles. The van der Waals surface area contributed by atoms with E-state index in [1.54, 1.807) is 0 Å². The summed E-state index contributed by atoms with van der Waals surface area (Å²) in [6.45, 7) is 1.98. The Morgan fingerprint density at radius 3 is 2.63 bits per heavy atom. The van der Waals surface area contributed by atoms with Crippen molar-refractivity contribution < 1.29 is 0 Å². The maximum atomic E-state index is 6.28. The van der Waals surface area contributed by atoms with Crippen molar-refractivity contribution in [3.8, 4) is 22.6 Å². The lowest BCUT2D eigenvalue weighted by atomic mass is 10.1. The van der Waals surface area contributed by atoms with Crippen molar-refractivity contribution in [3.05, 3.63) is 82.8 Å². The number of rotatable bonds is 4. The highest BCUT2D eigenvalue weighted by molar-refractivity contribution is 7.00. The predicted molar refractivity (Wildman–Crippen MR) is 123 cm³/mol. The lowest BCUT2D eigenvalue weighted by molar-refractivity contribution is 1.18. The Morgan fingerprint density at radius 2 is 1.77 bits per heavy atom. The van der Waals surface area contributed by atoms with Crippen molar-refractivity contribution in [1.29, 1.82) is 0 Å². The maximum absolute atomic E-state index is 6.28. The Bertz CT molecular complexity index is 1390. The summed E-state index contributed by atoms with van der Waals surface area (Å²) in [4.78, 5) is 13.0. The van der Waals surface area contributed by atoms with Crippen LogP contribution in [-0.2, 0) is 0 Å². The SMILES string of the molecule is Cc1cccc(-c2[nH]c(/C=C/c3ccccc3Cl)nc2-c2ccc3nsnc3c2)n1. The van der Waals surface area contributed by atoms with Crippen LogP contribution in [0.2, 0.25) is 5.02 Å². The summed E-state index contributed by atoms with van der Waals surface area (Å²) in [5.74, 6) is 0.722. The molecule has 0 fully saturated rings. The van der Waals surface area contributed by atoms with Gasteiger partial charge in [-0.05, 0) is 55.0 Å². The fraction of sp³-hybridized carbons (Fsp3) is 0.0435. The van der Waals surface area contributed by atoms with Crippen LogP contribution in [0.15, 0.2) is 60.7 Å². The van der Waals surface area contributed by atoms with Crippen LogP contribution in [0.25, 0.3) is 45.8 Å². The highest BCUT2D eigenvalue weighted by atomic mass is 35.5. The van der Waals surface area contributed by atoms with E-state index in [0.717, 1.165) is 50.8 Å². The largest absolute Gasteiger partial charge is 0.337 e. The normalized spacial score (nSPS) is 11.5. The van der Waals surface area contributed by atoms with Crippen molar-refractivity contribution >= 4 is 46.5 Å². The molecule has 0 radical (unpaired) electrons. The fourth-order valence-electron chi connectivity index (χ4n) is 3.26. The third-order valence-corrected chi connectivity index (χ3v) is 5.62. The molecule has 0 unspecified atom stereocenters. The van der Waals surface area contributed by atoms with Gasteiger partial charge in [-0.2, -0.15) is 8.75 Å². The Hall–Kier alpha value is -3.35. The summed E-state index contributed by atoms with van der Waals surface area (Å²) in [7, 11) is 0. The second-order valence-electron chi connectivity index (χ2n) is 6.83. The molecule has 3 aromatic heterocycles. The van der Waals surface area contributed by atoms with E-state index in [1.807, 2.05) is 79.7 Å². The number of nitrogens with one attached hydrogen (secondary N) is 1. The van der Waals surface area contributed by atoms with E-state index < -0.39 is 0 Å². The molecule has 7 heteroatoms. The van der Waals surface area contributed by atoms with Crippen LogP contribution >= 0.6 is 23.3 Å². The van der Waals surface area contributed by atoms with E-state index in [1.165, 1.54) is 11.7 Å². The van der Waals surface area contributed by atoms with Crippen molar-refractivity contribution in [2.24, 2.45) is 0 Å². The molecule has 3 heterocycles. The number of imidazole rings is 1. The molecule has 0 bridgehead atoms. The summed E-state index contributed by atoms with van der Waals surface area (Å²) < 4.78 is 8.65. The molecule has 30 heavy (non-hydrogen) atoms. The molecule has 0 aliphatic carbocycles. The average molecular weight is 430 g/mol. The molecular formula is C23H16ClN5S. The van der Waals surface area contributed by atoms with E-state index in [9.17, 15) is 0 Å². The summed E-state index contributed by atoms with van der Waals surface area (Å²) in [5, 5.41) is 0.697. The summed E-state index contributed by atoms with van der Waals surface area (Å²) in [6, 6.07) is 19.7. The van der Waals surface area contributed by atoms with Gasteiger partial charge in [-0.1, -0.05) is 41.9 Å². The topological polar surface area (TPSA) is 67.3 Å². The average Bonchev–Trinajstić information content (AvgIpc) is 3.39. The van der Waals surface area contributed by atoms with Crippen LogP contribution in [0, 0.1) is 6.92 Å². The van der Waals surface area contributed by atoms with Crippen molar-refractivity contribution in [2.75, 3.05) is 0 Å². The molecule has 0 aliphatic rings. The third kappa shape index (κ3) is 3.63. The highest BCUT2D eigenvalue weighted by Crippen LogP contribution is 2.31. The number of fused-ring (bicyclic) bond motifs is 1. The standard InChI is InChI=1S/C23H16ClN5S/c1-14-5-4-8-19(25-14)23-22(16-9-11-18-20(13-16)29-30-28-18)26-21(27-23)12-10-15-6-2-3-7-17(15)24/h2-13H,1H3,(H,26,27)/b12-10+. The molecule has 0 atom stereocenters. The van der Waals surface area contributed by atoms with E-state index in [-0.39, 0.29) is 0 Å². The minimum atomic E-state index is 0.697. The molecule has 0 saturated heterocycles. The Labute approximate surface area is 182 Å². The smallest absolute Gasteiger partial charge is 0.131 e. The molecule has 0 amide bonds. The third-order valence-electron chi connectivity index (χ3n) is 4.72. The number of nitrogens with zero attached hydrogens (tertiary/aromatic N) is 4. The zero-order chi connectivity index (χ0) is 20.5. The number of aryl methyl sites for hydroxylation is 1. The maximum Gasteiger partial charge on any atom is 0.131 e. The van der Waals surface area contributed by atoms with Gasteiger partial charge < -0.3 is 4.98 Å². The van der Waals surface area contributed by atoms with Crippen LogP contribution in [0.4, 0.5) is 0 Å². The zero-order valence-electron chi connectivity index (χ0n) is 16.0. The molecule has 1 N–H and O–H groups in total. The van der Waals surface area contributed by atoms with Gasteiger partial charge in [0.1, 0.15) is 16.9 Å². The molecular weight excluding hydrogens is 414 g/mol. The van der Waals surface area contributed by atoms with Gasteiger partial charge in [0, 0.05) is 16.3 Å². The second-order valence-corrected chi connectivity index (χ2v) is 7.77. The van der Waals surface area contributed by atoms with Gasteiger partial charge in [0.05, 0.1) is 28.8 Å². The number of aromatic nitrogens is 5. The van der Waals surface area contributed by atoms with Gasteiger partial charge in [-0.3, -0.25) is 4.98 Å². The van der Waals surface area contributed by atoms with Crippen molar-refractivity contribution in [2.45, 2.75) is 6.92 Å². The van der Waals surface area contributed by atoms with Crippen LogP contribution in [-0.4, -0.2) is 23.7 Å².